The van der Waals surface area contributed by atoms with Crippen LogP contribution in [0.3, 0.4) is 0 Å². The Bertz CT molecular complexity index is 714. The Morgan fingerprint density at radius 1 is 1.26 bits per heavy atom. The van der Waals surface area contributed by atoms with Crippen molar-refractivity contribution in [1.29, 1.82) is 0 Å². The third-order valence-corrected chi connectivity index (χ3v) is 4.09. The predicted molar refractivity (Wildman–Crippen MR) is 98.2 cm³/mol. The molecule has 0 bridgehead atoms. The second kappa shape index (κ2) is 8.37. The van der Waals surface area contributed by atoms with Gasteiger partial charge in [0.05, 0.1) is 18.7 Å². The number of aryl methyl sites for hydroxylation is 1. The lowest BCUT2D eigenvalue weighted by Crippen LogP contribution is -2.60. The second-order valence-electron chi connectivity index (χ2n) is 7.33. The Labute approximate surface area is 159 Å². The van der Waals surface area contributed by atoms with Crippen LogP contribution < -0.4 is 0 Å². The molecule has 0 radical (unpaired) electrons. The number of hydrogen-bond donors (Lipinski definition) is 0. The van der Waals surface area contributed by atoms with Crippen LogP contribution in [0.2, 0.25) is 0 Å². The van der Waals surface area contributed by atoms with Crippen LogP contribution in [0.15, 0.2) is 18.3 Å². The first-order valence-corrected chi connectivity index (χ1v) is 9.01. The molecule has 1 aromatic heterocycles. The third-order valence-electron chi connectivity index (χ3n) is 4.09. The van der Waals surface area contributed by atoms with Crippen molar-refractivity contribution in [3.63, 3.8) is 0 Å². The molecule has 148 valence electrons. The zero-order valence-electron chi connectivity index (χ0n) is 16.5. The number of carbonyl (C=O) groups excluding carboxylic acids is 3. The van der Waals surface area contributed by atoms with Crippen molar-refractivity contribution in [1.82, 2.24) is 14.8 Å². The number of rotatable bonds is 3. The van der Waals surface area contributed by atoms with Gasteiger partial charge in [-0.2, -0.15) is 0 Å². The molecule has 8 heteroatoms. The van der Waals surface area contributed by atoms with E-state index >= 15 is 0 Å². The molecule has 0 N–H and O–H groups in total. The van der Waals surface area contributed by atoms with Crippen molar-refractivity contribution < 1.29 is 23.9 Å². The minimum Gasteiger partial charge on any atom is -0.464 e. The average molecular weight is 377 g/mol. The fourth-order valence-electron chi connectivity index (χ4n) is 2.82. The van der Waals surface area contributed by atoms with Crippen molar-refractivity contribution in [2.24, 2.45) is 0 Å². The van der Waals surface area contributed by atoms with Gasteiger partial charge in [0.15, 0.2) is 0 Å². The summed E-state index contributed by atoms with van der Waals surface area (Å²) in [5.41, 5.74) is 0.369. The Morgan fingerprint density at radius 2 is 1.96 bits per heavy atom. The molecule has 1 fully saturated rings. The fourth-order valence-corrected chi connectivity index (χ4v) is 2.82. The number of hydrogen-bond acceptors (Lipinski definition) is 6. The second-order valence-corrected chi connectivity index (χ2v) is 7.33. The molecule has 1 unspecified atom stereocenters. The van der Waals surface area contributed by atoms with Crippen LogP contribution in [0.25, 0.3) is 0 Å². The normalized spacial score (nSPS) is 17.4. The molecule has 0 aliphatic carbocycles. The zero-order valence-corrected chi connectivity index (χ0v) is 16.5. The Hall–Kier alpha value is -2.64. The van der Waals surface area contributed by atoms with Gasteiger partial charge < -0.3 is 19.3 Å². The highest BCUT2D eigenvalue weighted by Gasteiger charge is 2.39. The highest BCUT2D eigenvalue weighted by molar-refractivity contribution is 5.98. The highest BCUT2D eigenvalue weighted by atomic mass is 16.6. The van der Waals surface area contributed by atoms with Crippen LogP contribution in [-0.4, -0.2) is 70.6 Å². The molecule has 1 atom stereocenters. The summed E-state index contributed by atoms with van der Waals surface area (Å²) >= 11 is 0. The lowest BCUT2D eigenvalue weighted by molar-refractivity contribution is -0.150. The molecular weight excluding hydrogens is 350 g/mol. The Kier molecular flexibility index (Phi) is 6.41. The third kappa shape index (κ3) is 5.18. The van der Waals surface area contributed by atoms with Crippen molar-refractivity contribution in [2.45, 2.75) is 46.3 Å². The van der Waals surface area contributed by atoms with E-state index in [-0.39, 0.29) is 32.1 Å². The van der Waals surface area contributed by atoms with Gasteiger partial charge >= 0.3 is 12.1 Å². The van der Waals surface area contributed by atoms with Crippen molar-refractivity contribution in [3.8, 4) is 0 Å². The van der Waals surface area contributed by atoms with Gasteiger partial charge in [0.2, 0.25) is 0 Å². The van der Waals surface area contributed by atoms with E-state index in [4.69, 9.17) is 9.47 Å². The van der Waals surface area contributed by atoms with Crippen LogP contribution >= 0.6 is 0 Å². The van der Waals surface area contributed by atoms with E-state index in [0.717, 1.165) is 0 Å². The molecule has 1 aliphatic rings. The van der Waals surface area contributed by atoms with Gasteiger partial charge in [-0.3, -0.25) is 9.78 Å². The number of nitrogens with zero attached hydrogens (tertiary/aromatic N) is 3. The largest absolute Gasteiger partial charge is 0.464 e. The SMILES string of the molecule is CCOC(=O)C1CN(C(=O)OC(C)(C)C)CCN1C(=O)c1cccnc1C. The van der Waals surface area contributed by atoms with Crippen molar-refractivity contribution in [3.05, 3.63) is 29.6 Å². The van der Waals surface area contributed by atoms with E-state index in [1.165, 1.54) is 9.80 Å². The summed E-state index contributed by atoms with van der Waals surface area (Å²) in [6.07, 6.45) is 1.09. The molecule has 1 saturated heterocycles. The highest BCUT2D eigenvalue weighted by Crippen LogP contribution is 2.19. The molecule has 0 spiro atoms. The summed E-state index contributed by atoms with van der Waals surface area (Å²) in [7, 11) is 0. The van der Waals surface area contributed by atoms with Crippen LogP contribution in [0.4, 0.5) is 4.79 Å². The van der Waals surface area contributed by atoms with Gasteiger partial charge in [0.25, 0.3) is 5.91 Å². The van der Waals surface area contributed by atoms with Crippen LogP contribution in [0.5, 0.6) is 0 Å². The fraction of sp³-hybridized carbons (Fsp3) is 0.579. The molecule has 2 heterocycles. The number of carbonyl (C=O) groups is 3. The number of esters is 1. The molecule has 1 aliphatic heterocycles. The quantitative estimate of drug-likeness (QED) is 0.749. The van der Waals surface area contributed by atoms with Gasteiger partial charge in [-0.1, -0.05) is 0 Å². The maximum Gasteiger partial charge on any atom is 0.410 e. The van der Waals surface area contributed by atoms with Gasteiger partial charge in [0.1, 0.15) is 11.6 Å². The van der Waals surface area contributed by atoms with Crippen LogP contribution in [-0.2, 0) is 14.3 Å². The Morgan fingerprint density at radius 3 is 2.56 bits per heavy atom. The van der Waals surface area contributed by atoms with Gasteiger partial charge in [-0.25, -0.2) is 9.59 Å². The molecule has 0 saturated carbocycles. The average Bonchev–Trinajstić information content (AvgIpc) is 2.60. The van der Waals surface area contributed by atoms with Crippen molar-refractivity contribution >= 4 is 18.0 Å². The van der Waals surface area contributed by atoms with Crippen molar-refractivity contribution in [2.75, 3.05) is 26.2 Å². The minimum absolute atomic E-state index is 0.0266. The summed E-state index contributed by atoms with van der Waals surface area (Å²) in [6, 6.07) is 2.46. The van der Waals surface area contributed by atoms with E-state index < -0.39 is 23.7 Å². The lowest BCUT2D eigenvalue weighted by Gasteiger charge is -2.40. The molecule has 0 aromatic carbocycles. The first kappa shape index (κ1) is 20.7. The number of ether oxygens (including phenoxy) is 2. The van der Waals surface area contributed by atoms with Gasteiger partial charge in [-0.15, -0.1) is 0 Å². The first-order chi connectivity index (χ1) is 12.6. The van der Waals surface area contributed by atoms with E-state index in [0.29, 0.717) is 11.3 Å². The molecular formula is C19H27N3O5. The van der Waals surface area contributed by atoms with Crippen LogP contribution in [0, 0.1) is 6.92 Å². The number of amides is 2. The van der Waals surface area contributed by atoms with Gasteiger partial charge in [-0.05, 0) is 46.8 Å². The standard InChI is InChI=1S/C19H27N3O5/c1-6-26-17(24)15-12-21(18(25)27-19(3,4)5)10-11-22(15)16(23)14-8-7-9-20-13(14)2/h7-9,15H,6,10-12H2,1-5H3. The summed E-state index contributed by atoms with van der Waals surface area (Å²) in [6.45, 7) is 9.46. The van der Waals surface area contributed by atoms with Gasteiger partial charge in [0, 0.05) is 25.0 Å². The molecule has 27 heavy (non-hydrogen) atoms. The summed E-state index contributed by atoms with van der Waals surface area (Å²) in [5.74, 6) is -0.844. The van der Waals surface area contributed by atoms with E-state index in [1.54, 1.807) is 52.9 Å². The molecule has 8 nitrogen and oxygen atoms in total. The zero-order chi connectivity index (χ0) is 20.2. The first-order valence-electron chi connectivity index (χ1n) is 9.01. The number of piperazine rings is 1. The monoisotopic (exact) mass is 377 g/mol. The lowest BCUT2D eigenvalue weighted by atomic mass is 10.1. The maximum atomic E-state index is 13.0. The summed E-state index contributed by atoms with van der Waals surface area (Å²) < 4.78 is 10.5. The smallest absolute Gasteiger partial charge is 0.410 e. The molecule has 2 rings (SSSR count). The van der Waals surface area contributed by atoms with E-state index in [9.17, 15) is 14.4 Å². The number of aromatic nitrogens is 1. The minimum atomic E-state index is -0.890. The number of pyridine rings is 1. The topological polar surface area (TPSA) is 89.0 Å². The summed E-state index contributed by atoms with van der Waals surface area (Å²) in [4.78, 5) is 44.9. The maximum absolute atomic E-state index is 13.0. The Balaban J connectivity index is 2.23. The van der Waals surface area contributed by atoms with E-state index in [2.05, 4.69) is 4.98 Å². The molecule has 1 aromatic rings. The molecule has 2 amide bonds. The van der Waals surface area contributed by atoms with Crippen LogP contribution in [0.1, 0.15) is 43.7 Å². The summed E-state index contributed by atoms with van der Waals surface area (Å²) in [5, 5.41) is 0. The van der Waals surface area contributed by atoms with E-state index in [1.807, 2.05) is 0 Å². The predicted octanol–water partition coefficient (Wildman–Crippen LogP) is 2.01.